The topological polar surface area (TPSA) is 77.1 Å². The van der Waals surface area contributed by atoms with E-state index in [1.54, 1.807) is 12.3 Å². The van der Waals surface area contributed by atoms with Gasteiger partial charge in [0.05, 0.1) is 17.1 Å². The molecular weight excluding hydrogens is 369 g/mol. The van der Waals surface area contributed by atoms with Gasteiger partial charge in [-0.15, -0.1) is 0 Å². The molecule has 5 rings (SSSR count). The van der Waals surface area contributed by atoms with E-state index in [2.05, 4.69) is 20.2 Å². The number of nitrogens with zero attached hydrogens (tertiary/aromatic N) is 3. The Kier molecular flexibility index (Phi) is 4.77. The minimum Gasteiger partial charge on any atom is -0.396 e. The van der Waals surface area contributed by atoms with Crippen molar-refractivity contribution in [2.24, 2.45) is 0 Å². The number of anilines is 2. The molecule has 7 heteroatoms. The monoisotopic (exact) mass is 393 g/mol. The first-order valence-electron chi connectivity index (χ1n) is 10.2. The van der Waals surface area contributed by atoms with Crippen LogP contribution in [0.3, 0.4) is 0 Å². The fourth-order valence-corrected chi connectivity index (χ4v) is 4.36. The third-order valence-electron chi connectivity index (χ3n) is 5.90. The first kappa shape index (κ1) is 18.3. The normalized spacial score (nSPS) is 16.5. The van der Waals surface area contributed by atoms with Crippen molar-refractivity contribution in [3.05, 3.63) is 48.2 Å². The average Bonchev–Trinajstić information content (AvgIpc) is 3.13. The van der Waals surface area contributed by atoms with Gasteiger partial charge in [-0.3, -0.25) is 0 Å². The summed E-state index contributed by atoms with van der Waals surface area (Å²) >= 11 is 0. The number of aliphatic hydroxyl groups excluding tert-OH is 1. The first-order chi connectivity index (χ1) is 14.2. The Hall–Kier alpha value is -2.77. The molecule has 2 aliphatic rings. The molecule has 0 saturated carbocycles. The van der Waals surface area contributed by atoms with Crippen molar-refractivity contribution in [2.45, 2.75) is 25.2 Å². The molecule has 6 nitrogen and oxygen atoms in total. The van der Waals surface area contributed by atoms with E-state index in [9.17, 15) is 4.39 Å². The van der Waals surface area contributed by atoms with E-state index in [0.717, 1.165) is 67.2 Å². The Morgan fingerprint density at radius 1 is 1.17 bits per heavy atom. The van der Waals surface area contributed by atoms with Crippen molar-refractivity contribution in [2.75, 3.05) is 31.6 Å². The number of pyridine rings is 1. The van der Waals surface area contributed by atoms with Crippen molar-refractivity contribution < 1.29 is 9.50 Å². The molecule has 0 spiro atoms. The lowest BCUT2D eigenvalue weighted by Crippen LogP contribution is -2.34. The number of hydrogen-bond acceptors (Lipinski definition) is 5. The summed E-state index contributed by atoms with van der Waals surface area (Å²) in [5.41, 5.74) is 4.28. The Morgan fingerprint density at radius 2 is 2.03 bits per heavy atom. The highest BCUT2D eigenvalue weighted by atomic mass is 19.1. The van der Waals surface area contributed by atoms with Gasteiger partial charge in [0.1, 0.15) is 17.5 Å². The van der Waals surface area contributed by atoms with E-state index in [4.69, 9.17) is 10.1 Å². The van der Waals surface area contributed by atoms with Crippen LogP contribution in [-0.2, 0) is 0 Å². The highest BCUT2D eigenvalue weighted by Crippen LogP contribution is 2.43. The van der Waals surface area contributed by atoms with Gasteiger partial charge < -0.3 is 20.3 Å². The largest absolute Gasteiger partial charge is 0.396 e. The summed E-state index contributed by atoms with van der Waals surface area (Å²) in [6.07, 6.45) is 4.62. The van der Waals surface area contributed by atoms with E-state index in [1.807, 2.05) is 12.1 Å². The van der Waals surface area contributed by atoms with Gasteiger partial charge in [-0.1, -0.05) is 0 Å². The molecule has 0 atom stereocenters. The molecule has 0 amide bonds. The number of aromatic amines is 1. The van der Waals surface area contributed by atoms with E-state index < -0.39 is 0 Å². The number of halogens is 1. The molecule has 3 N–H and O–H groups in total. The van der Waals surface area contributed by atoms with Crippen molar-refractivity contribution in [3.8, 4) is 22.5 Å². The maximum absolute atomic E-state index is 13.9. The van der Waals surface area contributed by atoms with E-state index in [1.165, 1.54) is 12.1 Å². The highest BCUT2D eigenvalue weighted by Gasteiger charge is 2.28. The number of hydrogen-bond donors (Lipinski definition) is 3. The predicted molar refractivity (Wildman–Crippen MR) is 111 cm³/mol. The molecule has 1 aromatic carbocycles. The third kappa shape index (κ3) is 3.41. The highest BCUT2D eigenvalue weighted by molar-refractivity contribution is 5.94. The summed E-state index contributed by atoms with van der Waals surface area (Å²) < 4.78 is 13.9. The summed E-state index contributed by atoms with van der Waals surface area (Å²) in [7, 11) is 0. The smallest absolute Gasteiger partial charge is 0.139 e. The van der Waals surface area contributed by atoms with Gasteiger partial charge in [-0.05, 0) is 62.7 Å². The molecule has 0 aliphatic carbocycles. The second kappa shape index (κ2) is 7.57. The zero-order valence-electron chi connectivity index (χ0n) is 16.2. The number of aromatic nitrogens is 3. The zero-order valence-corrected chi connectivity index (χ0v) is 16.2. The number of nitrogens with one attached hydrogen (secondary N) is 2. The van der Waals surface area contributed by atoms with E-state index >= 15 is 0 Å². The van der Waals surface area contributed by atoms with Gasteiger partial charge >= 0.3 is 0 Å². The summed E-state index contributed by atoms with van der Waals surface area (Å²) in [6.45, 7) is 3.21. The fourth-order valence-electron chi connectivity index (χ4n) is 4.36. The minimum absolute atomic E-state index is 0.242. The van der Waals surface area contributed by atoms with Crippen molar-refractivity contribution >= 4 is 11.5 Å². The lowest BCUT2D eigenvalue weighted by Gasteiger charge is -2.30. The number of piperidine rings is 1. The Bertz CT molecular complexity index is 1030. The average molecular weight is 393 g/mol. The molecule has 29 heavy (non-hydrogen) atoms. The van der Waals surface area contributed by atoms with Crippen molar-refractivity contribution in [3.63, 3.8) is 0 Å². The molecule has 0 radical (unpaired) electrons. The lowest BCUT2D eigenvalue weighted by atomic mass is 9.96. The SMILES string of the molecule is OCCCN1CCC(c2nc3c([nH]2)-c2cccnc2Nc2cc(F)ccc2-3)CC1. The molecule has 2 aromatic heterocycles. The zero-order chi connectivity index (χ0) is 19.8. The van der Waals surface area contributed by atoms with Crippen molar-refractivity contribution in [1.82, 2.24) is 19.9 Å². The van der Waals surface area contributed by atoms with Crippen LogP contribution in [0.15, 0.2) is 36.5 Å². The van der Waals surface area contributed by atoms with Gasteiger partial charge in [0.25, 0.3) is 0 Å². The number of fused-ring (bicyclic) bond motifs is 5. The van der Waals surface area contributed by atoms with Gasteiger partial charge in [0.15, 0.2) is 0 Å². The van der Waals surface area contributed by atoms with E-state index in [0.29, 0.717) is 17.4 Å². The summed E-state index contributed by atoms with van der Waals surface area (Å²) in [4.78, 5) is 15.4. The second-order valence-electron chi connectivity index (χ2n) is 7.75. The van der Waals surface area contributed by atoms with Crippen LogP contribution in [0.2, 0.25) is 0 Å². The van der Waals surface area contributed by atoms with Crippen LogP contribution in [0, 0.1) is 5.82 Å². The van der Waals surface area contributed by atoms with Gasteiger partial charge in [-0.25, -0.2) is 14.4 Å². The Labute approximate surface area is 168 Å². The molecule has 4 heterocycles. The standard InChI is InChI=1S/C22H24FN5O/c23-15-4-5-16-18(13-15)25-22-17(3-1-8-24-22)20-19(16)26-21(27-20)14-6-10-28(11-7-14)9-2-12-29/h1,3-5,8,13-14,29H,2,6-7,9-12H2,(H,24,25)(H,26,27). The second-order valence-corrected chi connectivity index (χ2v) is 7.75. The Balaban J connectivity index is 1.51. The summed E-state index contributed by atoms with van der Waals surface area (Å²) in [5.74, 6) is 1.77. The molecule has 150 valence electrons. The quantitative estimate of drug-likeness (QED) is 0.490. The number of aliphatic hydroxyl groups is 1. The number of benzene rings is 1. The number of H-pyrrole nitrogens is 1. The van der Waals surface area contributed by atoms with Crippen LogP contribution in [0.5, 0.6) is 0 Å². The van der Waals surface area contributed by atoms with Gasteiger partial charge in [0, 0.05) is 36.4 Å². The fraction of sp³-hybridized carbons (Fsp3) is 0.364. The minimum atomic E-state index is -0.289. The molecule has 0 bridgehead atoms. The molecule has 0 unspecified atom stereocenters. The molecule has 2 aliphatic heterocycles. The summed E-state index contributed by atoms with van der Waals surface area (Å²) in [6, 6.07) is 8.67. The third-order valence-corrected chi connectivity index (χ3v) is 5.90. The van der Waals surface area contributed by atoms with Crippen LogP contribution in [-0.4, -0.2) is 51.2 Å². The maximum atomic E-state index is 13.9. The van der Waals surface area contributed by atoms with E-state index in [-0.39, 0.29) is 12.4 Å². The lowest BCUT2D eigenvalue weighted by molar-refractivity contribution is 0.186. The summed E-state index contributed by atoms with van der Waals surface area (Å²) in [5, 5.41) is 12.3. The maximum Gasteiger partial charge on any atom is 0.139 e. The number of likely N-dealkylation sites (tertiary alicyclic amines) is 1. The molecular formula is C22H24FN5O. The predicted octanol–water partition coefficient (Wildman–Crippen LogP) is 3.90. The van der Waals surface area contributed by atoms with Crippen LogP contribution in [0.25, 0.3) is 22.5 Å². The van der Waals surface area contributed by atoms with Crippen molar-refractivity contribution in [1.29, 1.82) is 0 Å². The molecule has 1 saturated heterocycles. The molecule has 1 fully saturated rings. The van der Waals surface area contributed by atoms with Gasteiger partial charge in [0.2, 0.25) is 0 Å². The van der Waals surface area contributed by atoms with Gasteiger partial charge in [-0.2, -0.15) is 0 Å². The van der Waals surface area contributed by atoms with Crippen LogP contribution in [0.4, 0.5) is 15.9 Å². The van der Waals surface area contributed by atoms with Crippen LogP contribution < -0.4 is 5.32 Å². The first-order valence-corrected chi connectivity index (χ1v) is 10.2. The molecule has 3 aromatic rings. The van der Waals surface area contributed by atoms with Crippen LogP contribution in [0.1, 0.15) is 31.0 Å². The number of rotatable bonds is 4. The Morgan fingerprint density at radius 3 is 2.86 bits per heavy atom. The van der Waals surface area contributed by atoms with Crippen LogP contribution >= 0.6 is 0 Å². The number of imidazole rings is 1.